The number of hydrogen-bond acceptors (Lipinski definition) is 1. The van der Waals surface area contributed by atoms with Crippen molar-refractivity contribution in [2.75, 3.05) is 0 Å². The number of carboxylic acids is 1. The van der Waals surface area contributed by atoms with Gasteiger partial charge in [0.25, 0.3) is 0 Å². The molecule has 0 amide bonds. The van der Waals surface area contributed by atoms with Crippen LogP contribution in [0.25, 0.3) is 0 Å². The van der Waals surface area contributed by atoms with Gasteiger partial charge in [-0.2, -0.15) is 0 Å². The fourth-order valence-corrected chi connectivity index (χ4v) is 0.569. The van der Waals surface area contributed by atoms with Crippen molar-refractivity contribution < 1.29 is 15.4 Å². The summed E-state index contributed by atoms with van der Waals surface area (Å²) in [4.78, 5) is 9.85. The lowest BCUT2D eigenvalue weighted by molar-refractivity contribution is -0.137. The zero-order chi connectivity index (χ0) is 5.28. The first-order chi connectivity index (χ1) is 3.29. The number of rotatable bonds is 2. The predicted octanol–water partition coefficient (Wildman–Crippen LogP) is 0.0464. The quantitative estimate of drug-likeness (QED) is 0.556. The lowest BCUT2D eigenvalue weighted by atomic mass is 10.3. The highest BCUT2D eigenvalue weighted by Gasteiger charge is 2.23. The van der Waals surface area contributed by atoms with E-state index in [4.69, 9.17) is 5.11 Å². The second kappa shape index (κ2) is 2.67. The Balaban J connectivity index is 0.000000490. The summed E-state index contributed by atoms with van der Waals surface area (Å²) < 4.78 is 0. The van der Waals surface area contributed by atoms with E-state index in [2.05, 4.69) is 0 Å². The van der Waals surface area contributed by atoms with Gasteiger partial charge in [-0.15, -0.1) is 0 Å². The van der Waals surface area contributed by atoms with Crippen LogP contribution in [0.2, 0.25) is 0 Å². The van der Waals surface area contributed by atoms with Crippen molar-refractivity contribution in [3.05, 3.63) is 0 Å². The summed E-state index contributed by atoms with van der Waals surface area (Å²) in [5.41, 5.74) is 0. The molecule has 3 heteroatoms. The van der Waals surface area contributed by atoms with Crippen molar-refractivity contribution >= 4 is 5.97 Å². The smallest absolute Gasteiger partial charge is 0.303 e. The summed E-state index contributed by atoms with van der Waals surface area (Å²) >= 11 is 0. The molecule has 0 bridgehead atoms. The van der Waals surface area contributed by atoms with E-state index in [1.54, 1.807) is 0 Å². The summed E-state index contributed by atoms with van der Waals surface area (Å²) in [5.74, 6) is -0.125. The highest BCUT2D eigenvalue weighted by Crippen LogP contribution is 2.31. The Labute approximate surface area is 47.6 Å². The summed E-state index contributed by atoms with van der Waals surface area (Å²) in [6, 6.07) is 0. The minimum atomic E-state index is -0.650. The maximum Gasteiger partial charge on any atom is 0.303 e. The molecule has 48 valence electrons. The summed E-state index contributed by atoms with van der Waals surface area (Å²) in [5, 5.41) is 8.12. The molecule has 0 aromatic heterocycles. The van der Waals surface area contributed by atoms with Crippen molar-refractivity contribution in [3.63, 3.8) is 0 Å². The third-order valence-electron chi connectivity index (χ3n) is 1.16. The first-order valence-corrected chi connectivity index (χ1v) is 2.51. The standard InChI is InChI=1S/C5H8O2.H2O/c6-5(7)3-4-1-2-4;/h4H,1-3H2,(H,6,7);1H2. The molecule has 8 heavy (non-hydrogen) atoms. The van der Waals surface area contributed by atoms with Crippen LogP contribution < -0.4 is 0 Å². The molecule has 3 nitrogen and oxygen atoms in total. The summed E-state index contributed by atoms with van der Waals surface area (Å²) in [7, 11) is 0. The third-order valence-corrected chi connectivity index (χ3v) is 1.16. The summed E-state index contributed by atoms with van der Waals surface area (Å²) in [6.07, 6.45) is 2.65. The van der Waals surface area contributed by atoms with E-state index in [-0.39, 0.29) is 5.48 Å². The molecule has 1 rings (SSSR count). The van der Waals surface area contributed by atoms with Crippen LogP contribution in [0.4, 0.5) is 0 Å². The minimum absolute atomic E-state index is 0. The Hall–Kier alpha value is -0.570. The van der Waals surface area contributed by atoms with Crippen LogP contribution in [0, 0.1) is 5.92 Å². The first kappa shape index (κ1) is 7.43. The van der Waals surface area contributed by atoms with Gasteiger partial charge in [0.05, 0.1) is 0 Å². The molecule has 0 radical (unpaired) electrons. The van der Waals surface area contributed by atoms with Crippen LogP contribution in [0.5, 0.6) is 0 Å². The van der Waals surface area contributed by atoms with Crippen LogP contribution in [-0.4, -0.2) is 16.6 Å². The van der Waals surface area contributed by atoms with Gasteiger partial charge < -0.3 is 10.6 Å². The molecule has 0 aromatic carbocycles. The fraction of sp³-hybridized carbons (Fsp3) is 0.800. The van der Waals surface area contributed by atoms with E-state index in [0.29, 0.717) is 12.3 Å². The molecule has 0 saturated heterocycles. The molecule has 3 N–H and O–H groups in total. The maximum atomic E-state index is 9.85. The third kappa shape index (κ3) is 2.58. The molecule has 0 heterocycles. The van der Waals surface area contributed by atoms with Gasteiger partial charge in [-0.3, -0.25) is 4.79 Å². The molecule has 0 atom stereocenters. The second-order valence-electron chi connectivity index (χ2n) is 2.04. The highest BCUT2D eigenvalue weighted by atomic mass is 16.4. The Morgan fingerprint density at radius 2 is 2.12 bits per heavy atom. The average molecular weight is 118 g/mol. The molecule has 0 unspecified atom stereocenters. The molecule has 1 fully saturated rings. The lowest BCUT2D eigenvalue weighted by Gasteiger charge is -1.82. The predicted molar refractivity (Wildman–Crippen MR) is 28.6 cm³/mol. The number of carboxylic acid groups (broad SMARTS) is 1. The Bertz CT molecular complexity index is 85.7. The first-order valence-electron chi connectivity index (χ1n) is 2.51. The van der Waals surface area contributed by atoms with Crippen LogP contribution in [-0.2, 0) is 4.79 Å². The molecular weight excluding hydrogens is 108 g/mol. The van der Waals surface area contributed by atoms with Crippen molar-refractivity contribution in [2.45, 2.75) is 19.3 Å². The lowest BCUT2D eigenvalue weighted by Crippen LogP contribution is -1.93. The number of aliphatic carboxylic acids is 1. The van der Waals surface area contributed by atoms with Gasteiger partial charge in [-0.25, -0.2) is 0 Å². The molecule has 1 aliphatic rings. The van der Waals surface area contributed by atoms with E-state index in [1.165, 1.54) is 0 Å². The molecule has 0 spiro atoms. The van der Waals surface area contributed by atoms with E-state index >= 15 is 0 Å². The van der Waals surface area contributed by atoms with Gasteiger partial charge in [0.2, 0.25) is 0 Å². The van der Waals surface area contributed by atoms with Gasteiger partial charge >= 0.3 is 5.97 Å². The Kier molecular flexibility index (Phi) is 2.48. The molecule has 1 aliphatic carbocycles. The van der Waals surface area contributed by atoms with E-state index in [9.17, 15) is 4.79 Å². The minimum Gasteiger partial charge on any atom is -0.481 e. The van der Waals surface area contributed by atoms with Crippen molar-refractivity contribution in [1.29, 1.82) is 0 Å². The SMILES string of the molecule is O.O=C(O)CC1CC1. The van der Waals surface area contributed by atoms with E-state index < -0.39 is 5.97 Å². The average Bonchev–Trinajstić information content (AvgIpc) is 2.17. The van der Waals surface area contributed by atoms with Crippen molar-refractivity contribution in [2.24, 2.45) is 5.92 Å². The molecule has 1 saturated carbocycles. The number of carbonyl (C=O) groups is 1. The van der Waals surface area contributed by atoms with Gasteiger partial charge in [0, 0.05) is 6.42 Å². The Morgan fingerprint density at radius 3 is 2.25 bits per heavy atom. The van der Waals surface area contributed by atoms with Crippen LogP contribution in [0.3, 0.4) is 0 Å². The topological polar surface area (TPSA) is 68.8 Å². The van der Waals surface area contributed by atoms with Crippen LogP contribution >= 0.6 is 0 Å². The van der Waals surface area contributed by atoms with E-state index in [0.717, 1.165) is 12.8 Å². The fourth-order valence-electron chi connectivity index (χ4n) is 0.569. The van der Waals surface area contributed by atoms with Crippen molar-refractivity contribution in [1.82, 2.24) is 0 Å². The van der Waals surface area contributed by atoms with Gasteiger partial charge in [0.1, 0.15) is 0 Å². The largest absolute Gasteiger partial charge is 0.481 e. The zero-order valence-electron chi connectivity index (χ0n) is 4.55. The molecular formula is C5H10O3. The Morgan fingerprint density at radius 1 is 1.62 bits per heavy atom. The van der Waals surface area contributed by atoms with Crippen LogP contribution in [0.15, 0.2) is 0 Å². The van der Waals surface area contributed by atoms with Crippen LogP contribution in [0.1, 0.15) is 19.3 Å². The molecule has 0 aliphatic heterocycles. The maximum absolute atomic E-state index is 9.85. The monoisotopic (exact) mass is 118 g/mol. The summed E-state index contributed by atoms with van der Waals surface area (Å²) in [6.45, 7) is 0. The van der Waals surface area contributed by atoms with Gasteiger partial charge in [-0.1, -0.05) is 0 Å². The van der Waals surface area contributed by atoms with Gasteiger partial charge in [0.15, 0.2) is 0 Å². The van der Waals surface area contributed by atoms with E-state index in [1.807, 2.05) is 0 Å². The van der Waals surface area contributed by atoms with Gasteiger partial charge in [-0.05, 0) is 18.8 Å². The molecule has 0 aromatic rings. The second-order valence-corrected chi connectivity index (χ2v) is 2.04. The number of hydrogen-bond donors (Lipinski definition) is 1. The zero-order valence-corrected chi connectivity index (χ0v) is 4.55. The van der Waals surface area contributed by atoms with Crippen molar-refractivity contribution in [3.8, 4) is 0 Å². The normalized spacial score (nSPS) is 17.0. The highest BCUT2D eigenvalue weighted by molar-refractivity contribution is 5.67.